The predicted octanol–water partition coefficient (Wildman–Crippen LogP) is 3.21. The second-order valence-corrected chi connectivity index (χ2v) is 9.86. The SMILES string of the molecule is CN(CCOc1ccc(Cl)cc1)C(=O)CN(C)S(=O)(=O)c1ccc(Cl)s1. The minimum atomic E-state index is -3.74. The van der Waals surface area contributed by atoms with E-state index in [-0.39, 0.29) is 23.3 Å². The van der Waals surface area contributed by atoms with Gasteiger partial charge in [0.1, 0.15) is 16.6 Å². The summed E-state index contributed by atoms with van der Waals surface area (Å²) in [5.74, 6) is 0.308. The van der Waals surface area contributed by atoms with Gasteiger partial charge in [0.2, 0.25) is 5.91 Å². The van der Waals surface area contributed by atoms with Crippen molar-refractivity contribution in [2.75, 3.05) is 33.8 Å². The Morgan fingerprint density at radius 2 is 1.77 bits per heavy atom. The molecule has 0 aliphatic heterocycles. The summed E-state index contributed by atoms with van der Waals surface area (Å²) >= 11 is 12.5. The third kappa shape index (κ3) is 5.59. The normalized spacial score (nSPS) is 11.6. The monoisotopic (exact) mass is 436 g/mol. The van der Waals surface area contributed by atoms with Gasteiger partial charge in [0, 0.05) is 19.1 Å². The fraction of sp³-hybridized carbons (Fsp3) is 0.312. The Morgan fingerprint density at radius 1 is 1.12 bits per heavy atom. The fourth-order valence-corrected chi connectivity index (χ4v) is 4.88. The van der Waals surface area contributed by atoms with Crippen molar-refractivity contribution < 1.29 is 17.9 Å². The van der Waals surface area contributed by atoms with E-state index in [1.807, 2.05) is 0 Å². The fourth-order valence-electron chi connectivity index (χ4n) is 1.94. The zero-order chi connectivity index (χ0) is 19.3. The van der Waals surface area contributed by atoms with Gasteiger partial charge in [-0.1, -0.05) is 23.2 Å². The minimum absolute atomic E-state index is 0.103. The highest BCUT2D eigenvalue weighted by molar-refractivity contribution is 7.91. The Morgan fingerprint density at radius 3 is 2.35 bits per heavy atom. The van der Waals surface area contributed by atoms with Crippen LogP contribution in [0, 0.1) is 0 Å². The lowest BCUT2D eigenvalue weighted by atomic mass is 10.3. The van der Waals surface area contributed by atoms with Crippen molar-refractivity contribution in [3.63, 3.8) is 0 Å². The van der Waals surface area contributed by atoms with Crippen molar-refractivity contribution in [2.24, 2.45) is 0 Å². The molecule has 0 unspecified atom stereocenters. The Hall–Kier alpha value is -1.32. The molecule has 0 aliphatic rings. The van der Waals surface area contributed by atoms with Crippen LogP contribution in [0.15, 0.2) is 40.6 Å². The van der Waals surface area contributed by atoms with Gasteiger partial charge >= 0.3 is 0 Å². The van der Waals surface area contributed by atoms with Crippen molar-refractivity contribution in [3.8, 4) is 5.75 Å². The van der Waals surface area contributed by atoms with Crippen molar-refractivity contribution in [2.45, 2.75) is 4.21 Å². The van der Waals surface area contributed by atoms with Crippen LogP contribution in [0.2, 0.25) is 9.36 Å². The molecule has 1 amide bonds. The van der Waals surface area contributed by atoms with Gasteiger partial charge in [0.25, 0.3) is 10.0 Å². The lowest BCUT2D eigenvalue weighted by Crippen LogP contribution is -2.40. The standard InChI is InChI=1S/C16H18Cl2N2O4S2/c1-19(9-10-24-13-5-3-12(17)4-6-13)15(21)11-20(2)26(22,23)16-8-7-14(18)25-16/h3-8H,9-11H2,1-2H3. The summed E-state index contributed by atoms with van der Waals surface area (Å²) < 4.78 is 31.8. The summed E-state index contributed by atoms with van der Waals surface area (Å²) in [6.45, 7) is 0.330. The predicted molar refractivity (Wildman–Crippen MR) is 104 cm³/mol. The highest BCUT2D eigenvalue weighted by atomic mass is 35.5. The van der Waals surface area contributed by atoms with Crippen molar-refractivity contribution >= 4 is 50.5 Å². The summed E-state index contributed by atoms with van der Waals surface area (Å²) in [4.78, 5) is 13.7. The molecule has 1 heterocycles. The summed E-state index contributed by atoms with van der Waals surface area (Å²) in [6, 6.07) is 9.82. The van der Waals surface area contributed by atoms with E-state index in [2.05, 4.69) is 0 Å². The van der Waals surface area contributed by atoms with Gasteiger partial charge in [0.15, 0.2) is 0 Å². The molecule has 0 aliphatic carbocycles. The van der Waals surface area contributed by atoms with Crippen LogP contribution in [-0.2, 0) is 14.8 Å². The summed E-state index contributed by atoms with van der Waals surface area (Å²) in [5, 5.41) is 0.612. The molecule has 0 N–H and O–H groups in total. The average molecular weight is 437 g/mol. The highest BCUT2D eigenvalue weighted by Crippen LogP contribution is 2.27. The highest BCUT2D eigenvalue weighted by Gasteiger charge is 2.25. The maximum absolute atomic E-state index is 12.4. The smallest absolute Gasteiger partial charge is 0.252 e. The molecule has 0 spiro atoms. The number of ether oxygens (including phenoxy) is 1. The van der Waals surface area contributed by atoms with E-state index in [9.17, 15) is 13.2 Å². The number of thiophene rings is 1. The number of rotatable bonds is 8. The Balaban J connectivity index is 1.85. The van der Waals surface area contributed by atoms with Crippen LogP contribution in [0.1, 0.15) is 0 Å². The van der Waals surface area contributed by atoms with Gasteiger partial charge in [-0.2, -0.15) is 4.31 Å². The largest absolute Gasteiger partial charge is 0.492 e. The molecule has 2 aromatic rings. The Kier molecular flexibility index (Phi) is 7.31. The van der Waals surface area contributed by atoms with Gasteiger partial charge in [-0.15, -0.1) is 11.3 Å². The summed E-state index contributed by atoms with van der Waals surface area (Å²) in [7, 11) is -0.785. The molecule has 0 bridgehead atoms. The number of amides is 1. The molecule has 6 nitrogen and oxygen atoms in total. The van der Waals surface area contributed by atoms with E-state index in [4.69, 9.17) is 27.9 Å². The first-order chi connectivity index (χ1) is 12.2. The van der Waals surface area contributed by atoms with Gasteiger partial charge in [0.05, 0.1) is 17.4 Å². The summed E-state index contributed by atoms with van der Waals surface area (Å²) in [6.07, 6.45) is 0. The quantitative estimate of drug-likeness (QED) is 0.636. The number of carbonyl (C=O) groups is 1. The van der Waals surface area contributed by atoms with E-state index < -0.39 is 10.0 Å². The molecule has 10 heteroatoms. The van der Waals surface area contributed by atoms with E-state index in [1.165, 1.54) is 24.1 Å². The van der Waals surface area contributed by atoms with Gasteiger partial charge < -0.3 is 9.64 Å². The molecule has 0 atom stereocenters. The van der Waals surface area contributed by atoms with Gasteiger partial charge in [-0.3, -0.25) is 4.79 Å². The zero-order valence-electron chi connectivity index (χ0n) is 14.2. The number of carbonyl (C=O) groups excluding carboxylic acids is 1. The zero-order valence-corrected chi connectivity index (χ0v) is 17.3. The van der Waals surface area contributed by atoms with Crippen LogP contribution in [-0.4, -0.2) is 57.3 Å². The van der Waals surface area contributed by atoms with Crippen LogP contribution in [0.5, 0.6) is 5.75 Å². The van der Waals surface area contributed by atoms with Crippen molar-refractivity contribution in [1.82, 2.24) is 9.21 Å². The number of hydrogen-bond donors (Lipinski definition) is 0. The van der Waals surface area contributed by atoms with E-state index >= 15 is 0 Å². The molecule has 0 saturated carbocycles. The van der Waals surface area contributed by atoms with E-state index in [0.29, 0.717) is 21.7 Å². The van der Waals surface area contributed by atoms with Gasteiger partial charge in [-0.05, 0) is 36.4 Å². The lowest BCUT2D eigenvalue weighted by Gasteiger charge is -2.21. The minimum Gasteiger partial charge on any atom is -0.492 e. The lowest BCUT2D eigenvalue weighted by molar-refractivity contribution is -0.130. The number of benzene rings is 1. The topological polar surface area (TPSA) is 66.9 Å². The number of halogens is 2. The third-order valence-corrected chi connectivity index (χ3v) is 7.26. The van der Waals surface area contributed by atoms with E-state index in [0.717, 1.165) is 15.6 Å². The first kappa shape index (κ1) is 21.0. The van der Waals surface area contributed by atoms with Crippen LogP contribution in [0.4, 0.5) is 0 Å². The van der Waals surface area contributed by atoms with Crippen LogP contribution in [0.25, 0.3) is 0 Å². The molecule has 26 heavy (non-hydrogen) atoms. The average Bonchev–Trinajstić information content (AvgIpc) is 3.03. The third-order valence-electron chi connectivity index (χ3n) is 3.51. The Labute approximate surface area is 166 Å². The number of sulfonamides is 1. The molecular formula is C16H18Cl2N2O4S2. The molecule has 142 valence electrons. The van der Waals surface area contributed by atoms with Crippen LogP contribution in [0.3, 0.4) is 0 Å². The maximum atomic E-state index is 12.4. The van der Waals surface area contributed by atoms with Crippen LogP contribution < -0.4 is 4.74 Å². The van der Waals surface area contributed by atoms with Crippen LogP contribution >= 0.6 is 34.5 Å². The number of nitrogens with zero attached hydrogens (tertiary/aromatic N) is 2. The number of hydrogen-bond acceptors (Lipinski definition) is 5. The molecule has 1 aromatic carbocycles. The second-order valence-electron chi connectivity index (χ2n) is 5.44. The Bertz CT molecular complexity index is 853. The molecule has 0 saturated heterocycles. The first-order valence-corrected chi connectivity index (χ1v) is 10.6. The van der Waals surface area contributed by atoms with Crippen molar-refractivity contribution in [1.29, 1.82) is 0 Å². The molecule has 2 rings (SSSR count). The first-order valence-electron chi connectivity index (χ1n) is 7.54. The summed E-state index contributed by atoms with van der Waals surface area (Å²) in [5.41, 5.74) is 0. The molecule has 0 fully saturated rings. The van der Waals surface area contributed by atoms with Gasteiger partial charge in [-0.25, -0.2) is 8.42 Å². The molecular weight excluding hydrogens is 419 g/mol. The van der Waals surface area contributed by atoms with E-state index in [1.54, 1.807) is 31.3 Å². The second kappa shape index (κ2) is 9.05. The maximum Gasteiger partial charge on any atom is 0.252 e. The van der Waals surface area contributed by atoms with Crippen molar-refractivity contribution in [3.05, 3.63) is 45.8 Å². The molecule has 1 aromatic heterocycles. The molecule has 0 radical (unpaired) electrons. The number of likely N-dealkylation sites (N-methyl/N-ethyl adjacent to an activating group) is 2.